The van der Waals surface area contributed by atoms with E-state index < -0.39 is 0 Å². The molecule has 8 heteroatoms. The van der Waals surface area contributed by atoms with Crippen molar-refractivity contribution >= 4 is 11.7 Å². The van der Waals surface area contributed by atoms with Crippen molar-refractivity contribution in [3.05, 3.63) is 78.8 Å². The van der Waals surface area contributed by atoms with E-state index in [0.29, 0.717) is 29.6 Å². The lowest BCUT2D eigenvalue weighted by Crippen LogP contribution is -1.95. The Morgan fingerprint density at radius 1 is 0.929 bits per heavy atom. The summed E-state index contributed by atoms with van der Waals surface area (Å²) in [5.74, 6) is 0.725. The SMILES string of the molecule is C(=C\c1ccccc1)/Cn1cc(-c2nc(-c3cn4ccccc4n3)no2)nn1. The van der Waals surface area contributed by atoms with E-state index in [0.717, 1.165) is 11.2 Å². The van der Waals surface area contributed by atoms with Crippen LogP contribution < -0.4 is 0 Å². The molecule has 0 bridgehead atoms. The van der Waals surface area contributed by atoms with Crippen molar-refractivity contribution in [2.75, 3.05) is 0 Å². The number of rotatable bonds is 5. The molecule has 4 heterocycles. The molecular weight excluding hydrogens is 354 g/mol. The molecule has 0 aliphatic carbocycles. The van der Waals surface area contributed by atoms with E-state index in [1.807, 2.05) is 77.5 Å². The van der Waals surface area contributed by atoms with Crippen molar-refractivity contribution in [2.24, 2.45) is 0 Å². The monoisotopic (exact) mass is 369 g/mol. The smallest absolute Gasteiger partial charge is 0.280 e. The van der Waals surface area contributed by atoms with E-state index in [1.165, 1.54) is 0 Å². The maximum Gasteiger partial charge on any atom is 0.280 e. The first-order valence-electron chi connectivity index (χ1n) is 8.75. The summed E-state index contributed by atoms with van der Waals surface area (Å²) in [6.07, 6.45) is 9.60. The third-order valence-electron chi connectivity index (χ3n) is 4.18. The molecule has 0 saturated heterocycles. The van der Waals surface area contributed by atoms with E-state index in [2.05, 4.69) is 25.4 Å². The first-order valence-corrected chi connectivity index (χ1v) is 8.75. The highest BCUT2D eigenvalue weighted by Crippen LogP contribution is 2.20. The Hall–Kier alpha value is -4.07. The first kappa shape index (κ1) is 16.1. The molecule has 8 nitrogen and oxygen atoms in total. The molecule has 136 valence electrons. The molecule has 0 aliphatic heterocycles. The van der Waals surface area contributed by atoms with Crippen molar-refractivity contribution in [1.82, 2.24) is 34.5 Å². The molecule has 28 heavy (non-hydrogen) atoms. The first-order chi connectivity index (χ1) is 13.8. The lowest BCUT2D eigenvalue weighted by Gasteiger charge is -1.93. The number of imidazole rings is 1. The minimum Gasteiger partial charge on any atom is -0.332 e. The fourth-order valence-corrected chi connectivity index (χ4v) is 2.82. The van der Waals surface area contributed by atoms with E-state index in [4.69, 9.17) is 4.52 Å². The second-order valence-corrected chi connectivity index (χ2v) is 6.15. The van der Waals surface area contributed by atoms with Gasteiger partial charge in [-0.3, -0.25) is 0 Å². The predicted octanol–water partition coefficient (Wildman–Crippen LogP) is 3.36. The third kappa shape index (κ3) is 3.18. The highest BCUT2D eigenvalue weighted by Gasteiger charge is 2.15. The van der Waals surface area contributed by atoms with Crippen LogP contribution in [0.2, 0.25) is 0 Å². The van der Waals surface area contributed by atoms with Crippen LogP contribution in [0.25, 0.3) is 34.8 Å². The number of allylic oxidation sites excluding steroid dienone is 1. The summed E-state index contributed by atoms with van der Waals surface area (Å²) in [6.45, 7) is 0.593. The van der Waals surface area contributed by atoms with Gasteiger partial charge in [-0.1, -0.05) is 58.9 Å². The Morgan fingerprint density at radius 2 is 1.82 bits per heavy atom. The molecule has 0 aliphatic rings. The number of benzene rings is 1. The summed E-state index contributed by atoms with van der Waals surface area (Å²) < 4.78 is 8.96. The maximum atomic E-state index is 5.34. The molecule has 0 radical (unpaired) electrons. The summed E-state index contributed by atoms with van der Waals surface area (Å²) in [4.78, 5) is 8.89. The number of nitrogens with zero attached hydrogens (tertiary/aromatic N) is 7. The fourth-order valence-electron chi connectivity index (χ4n) is 2.82. The highest BCUT2D eigenvalue weighted by molar-refractivity contribution is 5.57. The normalized spacial score (nSPS) is 11.6. The second-order valence-electron chi connectivity index (χ2n) is 6.15. The molecule has 0 atom stereocenters. The predicted molar refractivity (Wildman–Crippen MR) is 103 cm³/mol. The fraction of sp³-hybridized carbons (Fsp3) is 0.0500. The van der Waals surface area contributed by atoms with Crippen molar-refractivity contribution in [3.63, 3.8) is 0 Å². The summed E-state index contributed by atoms with van der Waals surface area (Å²) in [5, 5.41) is 12.2. The van der Waals surface area contributed by atoms with Gasteiger partial charge in [-0.2, -0.15) is 4.98 Å². The molecule has 0 N–H and O–H groups in total. The van der Waals surface area contributed by atoms with Crippen LogP contribution in [0.4, 0.5) is 0 Å². The molecular formula is C20H15N7O. The van der Waals surface area contributed by atoms with Crippen molar-refractivity contribution in [3.8, 4) is 23.1 Å². The van der Waals surface area contributed by atoms with Crippen molar-refractivity contribution < 1.29 is 4.52 Å². The Kier molecular flexibility index (Phi) is 3.98. The van der Waals surface area contributed by atoms with Crippen LogP contribution in [-0.2, 0) is 6.54 Å². The average molecular weight is 369 g/mol. The molecule has 1 aromatic carbocycles. The molecule has 0 fully saturated rings. The molecule has 5 rings (SSSR count). The van der Waals surface area contributed by atoms with Gasteiger partial charge in [0.1, 0.15) is 11.3 Å². The van der Waals surface area contributed by atoms with Gasteiger partial charge in [-0.25, -0.2) is 9.67 Å². The summed E-state index contributed by atoms with van der Waals surface area (Å²) in [7, 11) is 0. The van der Waals surface area contributed by atoms with Crippen LogP contribution in [-0.4, -0.2) is 34.5 Å². The standard InChI is InChI=1S/C20H15N7O/c1-2-7-15(8-3-1)9-6-12-27-14-17(23-25-27)20-22-19(24-28-20)16-13-26-11-5-4-10-18(26)21-16/h1-11,13-14H,12H2/b9-6+. The van der Waals surface area contributed by atoms with E-state index in [9.17, 15) is 0 Å². The molecule has 0 saturated carbocycles. The zero-order valence-electron chi connectivity index (χ0n) is 14.8. The largest absolute Gasteiger partial charge is 0.332 e. The molecule has 0 spiro atoms. The Balaban J connectivity index is 1.33. The number of fused-ring (bicyclic) bond motifs is 1. The molecule has 0 unspecified atom stereocenters. The van der Waals surface area contributed by atoms with Crippen LogP contribution in [0, 0.1) is 0 Å². The Morgan fingerprint density at radius 3 is 2.71 bits per heavy atom. The van der Waals surface area contributed by atoms with Crippen LogP contribution >= 0.6 is 0 Å². The zero-order valence-corrected chi connectivity index (χ0v) is 14.8. The van der Waals surface area contributed by atoms with E-state index >= 15 is 0 Å². The number of pyridine rings is 1. The minimum atomic E-state index is 0.311. The van der Waals surface area contributed by atoms with Gasteiger partial charge < -0.3 is 8.92 Å². The van der Waals surface area contributed by atoms with Gasteiger partial charge in [0.25, 0.3) is 5.89 Å². The van der Waals surface area contributed by atoms with Gasteiger partial charge in [-0.05, 0) is 17.7 Å². The summed E-state index contributed by atoms with van der Waals surface area (Å²) in [6, 6.07) is 15.9. The topological polar surface area (TPSA) is 86.9 Å². The maximum absolute atomic E-state index is 5.34. The number of hydrogen-bond acceptors (Lipinski definition) is 6. The summed E-state index contributed by atoms with van der Waals surface area (Å²) >= 11 is 0. The van der Waals surface area contributed by atoms with Crippen LogP contribution in [0.3, 0.4) is 0 Å². The Labute approximate surface area is 159 Å². The van der Waals surface area contributed by atoms with Gasteiger partial charge in [-0.15, -0.1) is 5.10 Å². The molecule has 0 amide bonds. The zero-order chi connectivity index (χ0) is 18.8. The van der Waals surface area contributed by atoms with Crippen LogP contribution in [0.1, 0.15) is 5.56 Å². The van der Waals surface area contributed by atoms with Crippen molar-refractivity contribution in [1.29, 1.82) is 0 Å². The van der Waals surface area contributed by atoms with Gasteiger partial charge in [0.05, 0.1) is 12.7 Å². The summed E-state index contributed by atoms with van der Waals surface area (Å²) in [5.41, 5.74) is 3.12. The van der Waals surface area contributed by atoms with Gasteiger partial charge in [0, 0.05) is 12.4 Å². The van der Waals surface area contributed by atoms with Crippen LogP contribution in [0.5, 0.6) is 0 Å². The van der Waals surface area contributed by atoms with Gasteiger partial charge in [0.2, 0.25) is 5.82 Å². The van der Waals surface area contributed by atoms with Crippen molar-refractivity contribution in [2.45, 2.75) is 6.54 Å². The quantitative estimate of drug-likeness (QED) is 0.472. The average Bonchev–Trinajstić information content (AvgIpc) is 3.47. The van der Waals surface area contributed by atoms with Crippen LogP contribution in [0.15, 0.2) is 77.7 Å². The lowest BCUT2D eigenvalue weighted by molar-refractivity contribution is 0.430. The van der Waals surface area contributed by atoms with Gasteiger partial charge in [0.15, 0.2) is 5.69 Å². The lowest BCUT2D eigenvalue weighted by atomic mass is 10.2. The second kappa shape index (κ2) is 6.92. The number of hydrogen-bond donors (Lipinski definition) is 0. The van der Waals surface area contributed by atoms with E-state index in [1.54, 1.807) is 10.9 Å². The molecule has 5 aromatic rings. The Bertz CT molecular complexity index is 1220. The van der Waals surface area contributed by atoms with E-state index in [-0.39, 0.29) is 0 Å². The highest BCUT2D eigenvalue weighted by atomic mass is 16.5. The third-order valence-corrected chi connectivity index (χ3v) is 4.18. The minimum absolute atomic E-state index is 0.311. The number of aromatic nitrogens is 7. The van der Waals surface area contributed by atoms with Gasteiger partial charge >= 0.3 is 0 Å². The molecule has 4 aromatic heterocycles.